The summed E-state index contributed by atoms with van der Waals surface area (Å²) in [6.07, 6.45) is 1.62. The molecule has 1 heterocycles. The second kappa shape index (κ2) is 6.24. The number of aromatic hydroxyl groups is 1. The summed E-state index contributed by atoms with van der Waals surface area (Å²) in [4.78, 5) is 16.8. The van der Waals surface area contributed by atoms with Crippen LogP contribution in [-0.4, -0.2) is 21.2 Å². The number of nitrogens with zero attached hydrogens (tertiary/aromatic N) is 1. The molecule has 0 bridgehead atoms. The van der Waals surface area contributed by atoms with Crippen molar-refractivity contribution in [1.29, 1.82) is 0 Å². The Bertz CT molecular complexity index is 1050. The molecule has 0 amide bonds. The molecule has 1 fully saturated rings. The second-order valence-corrected chi connectivity index (χ2v) is 7.91. The lowest BCUT2D eigenvalue weighted by Crippen LogP contribution is -2.14. The largest absolute Gasteiger partial charge is 0.505 e. The van der Waals surface area contributed by atoms with Crippen molar-refractivity contribution >= 4 is 28.5 Å². The maximum absolute atomic E-state index is 12.0. The van der Waals surface area contributed by atoms with Crippen LogP contribution in [0, 0.1) is 0 Å². The zero-order chi connectivity index (χ0) is 19.3. The van der Waals surface area contributed by atoms with Gasteiger partial charge in [0.15, 0.2) is 5.75 Å². The van der Waals surface area contributed by atoms with Crippen molar-refractivity contribution in [2.45, 2.75) is 38.0 Å². The Labute approximate surface area is 162 Å². The van der Waals surface area contributed by atoms with Crippen LogP contribution in [0.5, 0.6) is 5.75 Å². The van der Waals surface area contributed by atoms with Crippen molar-refractivity contribution in [3.05, 3.63) is 69.9 Å². The van der Waals surface area contributed by atoms with Gasteiger partial charge in [0, 0.05) is 15.8 Å². The monoisotopic (exact) mass is 381 g/mol. The molecule has 2 aromatic carbocycles. The number of pyridine rings is 1. The average molecular weight is 382 g/mol. The maximum Gasteiger partial charge on any atom is 0.340 e. The first kappa shape index (κ1) is 17.8. The number of carbonyl (C=O) groups is 1. The van der Waals surface area contributed by atoms with E-state index in [1.807, 2.05) is 36.4 Å². The molecule has 4 rings (SSSR count). The van der Waals surface area contributed by atoms with E-state index >= 15 is 0 Å². The number of aromatic carboxylic acids is 1. The third-order valence-electron chi connectivity index (χ3n) is 5.46. The normalized spacial score (nSPS) is 15.3. The molecule has 0 spiro atoms. The first-order chi connectivity index (χ1) is 12.8. The predicted molar refractivity (Wildman–Crippen MR) is 106 cm³/mol. The minimum atomic E-state index is -1.14. The summed E-state index contributed by atoms with van der Waals surface area (Å²) in [7, 11) is 0. The lowest BCUT2D eigenvalue weighted by molar-refractivity contribution is 0.0695. The van der Waals surface area contributed by atoms with Gasteiger partial charge >= 0.3 is 5.97 Å². The van der Waals surface area contributed by atoms with Gasteiger partial charge in [-0.15, -0.1) is 0 Å². The van der Waals surface area contributed by atoms with Crippen LogP contribution < -0.4 is 0 Å². The first-order valence-electron chi connectivity index (χ1n) is 9.00. The average Bonchev–Trinajstić information content (AvgIpc) is 3.42. The van der Waals surface area contributed by atoms with E-state index in [-0.39, 0.29) is 17.2 Å². The molecule has 5 heteroatoms. The third kappa shape index (κ3) is 2.76. The van der Waals surface area contributed by atoms with E-state index < -0.39 is 11.4 Å². The molecule has 0 atom stereocenters. The smallest absolute Gasteiger partial charge is 0.340 e. The lowest BCUT2D eigenvalue weighted by Gasteiger charge is -2.21. The molecule has 27 heavy (non-hydrogen) atoms. The van der Waals surface area contributed by atoms with Gasteiger partial charge in [-0.2, -0.15) is 0 Å². The molecule has 4 nitrogen and oxygen atoms in total. The van der Waals surface area contributed by atoms with Crippen LogP contribution in [0.3, 0.4) is 0 Å². The molecule has 1 saturated carbocycles. The molecule has 2 N–H and O–H groups in total. The topological polar surface area (TPSA) is 70.4 Å². The number of para-hydroxylation sites is 1. The Hall–Kier alpha value is -2.59. The number of carboxylic acids is 1. The van der Waals surface area contributed by atoms with E-state index in [1.165, 1.54) is 0 Å². The zero-order valence-corrected chi connectivity index (χ0v) is 15.9. The number of carboxylic acid groups (broad SMARTS) is 1. The van der Waals surface area contributed by atoms with Gasteiger partial charge in [0.1, 0.15) is 5.56 Å². The summed E-state index contributed by atoms with van der Waals surface area (Å²) >= 11 is 6.02. The number of benzene rings is 2. The van der Waals surface area contributed by atoms with Gasteiger partial charge < -0.3 is 10.2 Å². The van der Waals surface area contributed by atoms with Crippen molar-refractivity contribution < 1.29 is 15.0 Å². The second-order valence-electron chi connectivity index (χ2n) is 7.48. The Morgan fingerprint density at radius 3 is 2.37 bits per heavy atom. The van der Waals surface area contributed by atoms with Crippen molar-refractivity contribution in [3.63, 3.8) is 0 Å². The van der Waals surface area contributed by atoms with Gasteiger partial charge in [-0.05, 0) is 42.0 Å². The van der Waals surface area contributed by atoms with E-state index in [2.05, 4.69) is 13.8 Å². The van der Waals surface area contributed by atoms with Crippen LogP contribution in [-0.2, 0) is 5.41 Å². The van der Waals surface area contributed by atoms with Gasteiger partial charge in [0.2, 0.25) is 0 Å². The van der Waals surface area contributed by atoms with Crippen LogP contribution in [0.4, 0.5) is 0 Å². The Balaban J connectivity index is 2.04. The minimum Gasteiger partial charge on any atom is -0.505 e. The number of hydrogen-bond donors (Lipinski definition) is 2. The van der Waals surface area contributed by atoms with E-state index in [9.17, 15) is 15.0 Å². The molecular formula is C22H20ClNO3. The summed E-state index contributed by atoms with van der Waals surface area (Å²) in [5, 5.41) is 21.8. The molecule has 0 unspecified atom stereocenters. The SMILES string of the molecule is CC(C)c1cccc2c(C(=O)O)c(O)c(C3(c4ccc(Cl)cc4)CC3)nc12. The summed E-state index contributed by atoms with van der Waals surface area (Å²) in [5.41, 5.74) is 2.53. The highest BCUT2D eigenvalue weighted by molar-refractivity contribution is 6.30. The minimum absolute atomic E-state index is 0.0715. The van der Waals surface area contributed by atoms with E-state index in [0.29, 0.717) is 21.6 Å². The molecule has 0 radical (unpaired) electrons. The summed E-state index contributed by atoms with van der Waals surface area (Å²) in [6.45, 7) is 4.10. The fourth-order valence-corrected chi connectivity index (χ4v) is 4.00. The van der Waals surface area contributed by atoms with Gasteiger partial charge in [0.05, 0.1) is 11.2 Å². The van der Waals surface area contributed by atoms with E-state index in [1.54, 1.807) is 6.07 Å². The van der Waals surface area contributed by atoms with Gasteiger partial charge in [-0.1, -0.05) is 55.8 Å². The summed E-state index contributed by atoms with van der Waals surface area (Å²) in [5.74, 6) is -1.19. The van der Waals surface area contributed by atoms with Crippen LogP contribution >= 0.6 is 11.6 Å². The van der Waals surface area contributed by atoms with Crippen LogP contribution in [0.1, 0.15) is 59.8 Å². The number of rotatable bonds is 4. The molecule has 0 saturated heterocycles. The Morgan fingerprint density at radius 2 is 1.81 bits per heavy atom. The van der Waals surface area contributed by atoms with Crippen molar-refractivity contribution in [1.82, 2.24) is 4.98 Å². The summed E-state index contributed by atoms with van der Waals surface area (Å²) < 4.78 is 0. The Kier molecular flexibility index (Phi) is 4.11. The number of halogens is 1. The predicted octanol–water partition coefficient (Wildman–Crippen LogP) is 5.50. The number of fused-ring (bicyclic) bond motifs is 1. The van der Waals surface area contributed by atoms with E-state index in [4.69, 9.17) is 16.6 Å². The molecule has 0 aliphatic heterocycles. The lowest BCUT2D eigenvalue weighted by atomic mass is 9.88. The molecular weight excluding hydrogens is 362 g/mol. The molecule has 138 valence electrons. The maximum atomic E-state index is 12.0. The van der Waals surface area contributed by atoms with Crippen molar-refractivity contribution in [2.75, 3.05) is 0 Å². The number of hydrogen-bond acceptors (Lipinski definition) is 3. The van der Waals surface area contributed by atoms with E-state index in [0.717, 1.165) is 24.0 Å². The highest BCUT2D eigenvalue weighted by Crippen LogP contribution is 2.56. The molecule has 1 aliphatic carbocycles. The van der Waals surface area contributed by atoms with Crippen LogP contribution in [0.15, 0.2) is 42.5 Å². The van der Waals surface area contributed by atoms with Gasteiger partial charge in [0.25, 0.3) is 0 Å². The zero-order valence-electron chi connectivity index (χ0n) is 15.2. The van der Waals surface area contributed by atoms with Gasteiger partial charge in [-0.25, -0.2) is 9.78 Å². The molecule has 3 aromatic rings. The fraction of sp³-hybridized carbons (Fsp3) is 0.273. The highest BCUT2D eigenvalue weighted by Gasteiger charge is 2.50. The highest BCUT2D eigenvalue weighted by atomic mass is 35.5. The molecule has 1 aromatic heterocycles. The molecule has 1 aliphatic rings. The summed E-state index contributed by atoms with van der Waals surface area (Å²) in [6, 6.07) is 13.0. The van der Waals surface area contributed by atoms with Crippen molar-refractivity contribution in [3.8, 4) is 5.75 Å². The third-order valence-corrected chi connectivity index (χ3v) is 5.71. The first-order valence-corrected chi connectivity index (χ1v) is 9.38. The van der Waals surface area contributed by atoms with Crippen LogP contribution in [0.25, 0.3) is 10.9 Å². The fourth-order valence-electron chi connectivity index (χ4n) is 3.87. The quantitative estimate of drug-likeness (QED) is 0.626. The number of aromatic nitrogens is 1. The van der Waals surface area contributed by atoms with Crippen LogP contribution in [0.2, 0.25) is 5.02 Å². The Morgan fingerprint density at radius 1 is 1.15 bits per heavy atom. The van der Waals surface area contributed by atoms with Gasteiger partial charge in [-0.3, -0.25) is 0 Å². The van der Waals surface area contributed by atoms with Crippen molar-refractivity contribution in [2.24, 2.45) is 0 Å². The standard InChI is InChI=1S/C22H20ClNO3/c1-12(2)15-4-3-5-16-17(21(26)27)19(25)20(24-18(15)16)22(10-11-22)13-6-8-14(23)9-7-13/h3-9,12,25H,10-11H2,1-2H3,(H,26,27).